The number of para-hydroxylation sites is 1. The Hall–Kier alpha value is -1.11. The van der Waals surface area contributed by atoms with Crippen LogP contribution < -0.4 is 15.4 Å². The molecule has 120 valence electrons. The molecule has 0 amide bonds. The highest BCUT2D eigenvalue weighted by molar-refractivity contribution is 7.89. The van der Waals surface area contributed by atoms with Crippen LogP contribution in [0, 0.1) is 0 Å². The van der Waals surface area contributed by atoms with Crippen molar-refractivity contribution in [3.63, 3.8) is 0 Å². The van der Waals surface area contributed by atoms with Crippen molar-refractivity contribution in [2.45, 2.75) is 44.6 Å². The first-order valence-electron chi connectivity index (χ1n) is 7.48. The number of nitrogens with one attached hydrogen (secondary N) is 1. The summed E-state index contributed by atoms with van der Waals surface area (Å²) in [6.45, 7) is 7.69. The molecule has 1 aromatic rings. The van der Waals surface area contributed by atoms with Crippen LogP contribution in [0.1, 0.15) is 33.6 Å². The van der Waals surface area contributed by atoms with Crippen LogP contribution in [0.4, 0.5) is 5.69 Å². The van der Waals surface area contributed by atoms with Gasteiger partial charge in [-0.2, -0.15) is 0 Å². The third-order valence-electron chi connectivity index (χ3n) is 3.07. The Morgan fingerprint density at radius 2 is 1.90 bits per heavy atom. The molecule has 1 rings (SSSR count). The Morgan fingerprint density at radius 1 is 1.24 bits per heavy atom. The van der Waals surface area contributed by atoms with Gasteiger partial charge in [0, 0.05) is 25.7 Å². The molecular weight excluding hydrogens is 286 g/mol. The van der Waals surface area contributed by atoms with Crippen molar-refractivity contribution in [1.82, 2.24) is 4.72 Å². The zero-order valence-electron chi connectivity index (χ0n) is 13.2. The summed E-state index contributed by atoms with van der Waals surface area (Å²) in [5.41, 5.74) is 6.40. The number of benzene rings is 1. The van der Waals surface area contributed by atoms with Gasteiger partial charge in [-0.05, 0) is 32.4 Å². The van der Waals surface area contributed by atoms with Crippen LogP contribution >= 0.6 is 0 Å². The maximum atomic E-state index is 12.5. The van der Waals surface area contributed by atoms with E-state index in [0.717, 1.165) is 25.1 Å². The third-order valence-corrected chi connectivity index (χ3v) is 4.77. The zero-order chi connectivity index (χ0) is 15.9. The Labute approximate surface area is 128 Å². The number of sulfonamides is 1. The van der Waals surface area contributed by atoms with Crippen molar-refractivity contribution in [3.05, 3.63) is 24.3 Å². The monoisotopic (exact) mass is 313 g/mol. The van der Waals surface area contributed by atoms with Crippen molar-refractivity contribution in [3.8, 4) is 0 Å². The second kappa shape index (κ2) is 8.36. The minimum Gasteiger partial charge on any atom is -0.369 e. The maximum absolute atomic E-state index is 12.5. The summed E-state index contributed by atoms with van der Waals surface area (Å²) in [7, 11) is -3.51. The maximum Gasteiger partial charge on any atom is 0.242 e. The van der Waals surface area contributed by atoms with Gasteiger partial charge in [0.2, 0.25) is 10.0 Å². The van der Waals surface area contributed by atoms with Gasteiger partial charge in [0.05, 0.1) is 5.69 Å². The molecule has 0 saturated heterocycles. The van der Waals surface area contributed by atoms with E-state index in [1.165, 1.54) is 0 Å². The van der Waals surface area contributed by atoms with Crippen LogP contribution in [0.2, 0.25) is 0 Å². The molecule has 0 bridgehead atoms. The van der Waals surface area contributed by atoms with E-state index in [-0.39, 0.29) is 6.04 Å². The Kier molecular flexibility index (Phi) is 7.14. The fraction of sp³-hybridized carbons (Fsp3) is 0.600. The zero-order valence-corrected chi connectivity index (χ0v) is 14.0. The van der Waals surface area contributed by atoms with Crippen molar-refractivity contribution < 1.29 is 8.42 Å². The van der Waals surface area contributed by atoms with E-state index < -0.39 is 10.0 Å². The molecular formula is C15H27N3O2S. The number of nitrogens with zero attached hydrogens (tertiary/aromatic N) is 1. The van der Waals surface area contributed by atoms with Crippen molar-refractivity contribution in [1.29, 1.82) is 0 Å². The number of unbranched alkanes of at least 4 members (excludes halogenated alkanes) is 1. The lowest BCUT2D eigenvalue weighted by Gasteiger charge is -2.26. The quantitative estimate of drug-likeness (QED) is 0.730. The van der Waals surface area contributed by atoms with Gasteiger partial charge in [0.25, 0.3) is 0 Å². The molecule has 6 heteroatoms. The number of hydrogen-bond donors (Lipinski definition) is 2. The van der Waals surface area contributed by atoms with E-state index in [1.54, 1.807) is 12.1 Å². The number of nitrogens with two attached hydrogens (primary N) is 1. The van der Waals surface area contributed by atoms with Crippen LogP contribution in [0.3, 0.4) is 0 Å². The van der Waals surface area contributed by atoms with E-state index in [0.29, 0.717) is 18.0 Å². The number of anilines is 1. The predicted molar refractivity (Wildman–Crippen MR) is 88.1 cm³/mol. The number of rotatable bonds is 9. The summed E-state index contributed by atoms with van der Waals surface area (Å²) in [5.74, 6) is 0. The van der Waals surface area contributed by atoms with Crippen LogP contribution in [-0.4, -0.2) is 34.1 Å². The first-order valence-corrected chi connectivity index (χ1v) is 8.97. The molecule has 0 fully saturated rings. The lowest BCUT2D eigenvalue weighted by molar-refractivity contribution is 0.569. The first kappa shape index (κ1) is 17.9. The van der Waals surface area contributed by atoms with Gasteiger partial charge in [0.1, 0.15) is 4.90 Å². The third kappa shape index (κ3) is 5.30. The van der Waals surface area contributed by atoms with Crippen molar-refractivity contribution in [2.75, 3.05) is 24.5 Å². The molecule has 0 aliphatic rings. The molecule has 0 aromatic heterocycles. The van der Waals surface area contributed by atoms with Gasteiger partial charge in [-0.3, -0.25) is 0 Å². The fourth-order valence-electron chi connectivity index (χ4n) is 2.18. The number of hydrogen-bond acceptors (Lipinski definition) is 4. The smallest absolute Gasteiger partial charge is 0.242 e. The molecule has 21 heavy (non-hydrogen) atoms. The lowest BCUT2D eigenvalue weighted by atomic mass is 10.2. The SMILES string of the molecule is CCCCN(CCN)c1ccccc1S(=O)(=O)NC(C)C. The standard InChI is InChI=1S/C15H27N3O2S/c1-4-5-11-18(12-10-16)14-8-6-7-9-15(14)21(19,20)17-13(2)3/h6-9,13,17H,4-5,10-12,16H2,1-3H3. The molecule has 0 radical (unpaired) electrons. The summed E-state index contributed by atoms with van der Waals surface area (Å²) in [6.07, 6.45) is 2.06. The first-order chi connectivity index (χ1) is 9.92. The topological polar surface area (TPSA) is 75.4 Å². The highest BCUT2D eigenvalue weighted by Gasteiger charge is 2.21. The molecule has 0 unspecified atom stereocenters. The summed E-state index contributed by atoms with van der Waals surface area (Å²) in [6, 6.07) is 6.97. The normalized spacial score (nSPS) is 11.9. The molecule has 0 spiro atoms. The Balaban J connectivity index is 3.17. The van der Waals surface area contributed by atoms with E-state index >= 15 is 0 Å². The highest BCUT2D eigenvalue weighted by Crippen LogP contribution is 2.25. The molecule has 0 saturated carbocycles. The lowest BCUT2D eigenvalue weighted by Crippen LogP contribution is -2.35. The molecule has 0 atom stereocenters. The summed E-state index contributed by atoms with van der Waals surface area (Å²) >= 11 is 0. The van der Waals surface area contributed by atoms with Crippen LogP contribution in [-0.2, 0) is 10.0 Å². The second-order valence-electron chi connectivity index (χ2n) is 5.37. The largest absolute Gasteiger partial charge is 0.369 e. The predicted octanol–water partition coefficient (Wildman–Crippen LogP) is 1.94. The molecule has 0 heterocycles. The van der Waals surface area contributed by atoms with E-state index in [1.807, 2.05) is 26.0 Å². The van der Waals surface area contributed by atoms with E-state index in [4.69, 9.17) is 5.73 Å². The highest BCUT2D eigenvalue weighted by atomic mass is 32.2. The Morgan fingerprint density at radius 3 is 2.48 bits per heavy atom. The van der Waals surface area contributed by atoms with Gasteiger partial charge in [-0.1, -0.05) is 25.5 Å². The minimum atomic E-state index is -3.51. The van der Waals surface area contributed by atoms with Crippen molar-refractivity contribution >= 4 is 15.7 Å². The molecule has 0 aliphatic heterocycles. The molecule has 3 N–H and O–H groups in total. The van der Waals surface area contributed by atoms with Gasteiger partial charge in [0.15, 0.2) is 0 Å². The summed E-state index contributed by atoms with van der Waals surface area (Å²) in [4.78, 5) is 2.38. The van der Waals surface area contributed by atoms with Gasteiger partial charge in [-0.15, -0.1) is 0 Å². The average Bonchev–Trinajstić information content (AvgIpc) is 2.42. The van der Waals surface area contributed by atoms with Crippen molar-refractivity contribution in [2.24, 2.45) is 5.73 Å². The second-order valence-corrected chi connectivity index (χ2v) is 7.06. The average molecular weight is 313 g/mol. The fourth-order valence-corrected chi connectivity index (χ4v) is 3.65. The molecule has 0 aliphatic carbocycles. The van der Waals surface area contributed by atoms with E-state index in [2.05, 4.69) is 16.5 Å². The van der Waals surface area contributed by atoms with Gasteiger partial charge >= 0.3 is 0 Å². The van der Waals surface area contributed by atoms with Crippen LogP contribution in [0.25, 0.3) is 0 Å². The van der Waals surface area contributed by atoms with Crippen LogP contribution in [0.15, 0.2) is 29.2 Å². The Bertz CT molecular complexity index is 529. The molecule has 5 nitrogen and oxygen atoms in total. The summed E-state index contributed by atoms with van der Waals surface area (Å²) < 4.78 is 27.6. The molecule has 1 aromatic carbocycles. The van der Waals surface area contributed by atoms with Crippen LogP contribution in [0.5, 0.6) is 0 Å². The minimum absolute atomic E-state index is 0.137. The van der Waals surface area contributed by atoms with Gasteiger partial charge < -0.3 is 10.6 Å². The van der Waals surface area contributed by atoms with Gasteiger partial charge in [-0.25, -0.2) is 13.1 Å². The summed E-state index contributed by atoms with van der Waals surface area (Å²) in [5, 5.41) is 0. The van der Waals surface area contributed by atoms with E-state index in [9.17, 15) is 8.42 Å².